The minimum atomic E-state index is -1.78. The van der Waals surface area contributed by atoms with E-state index < -0.39 is 36.6 Å². The van der Waals surface area contributed by atoms with Crippen LogP contribution in [0.3, 0.4) is 0 Å². The quantitative estimate of drug-likeness (QED) is 0.351. The Labute approximate surface area is 169 Å². The van der Waals surface area contributed by atoms with Crippen LogP contribution in [-0.2, 0) is 17.8 Å². The van der Waals surface area contributed by atoms with Crippen LogP contribution in [0.5, 0.6) is 0 Å². The molecule has 0 spiro atoms. The van der Waals surface area contributed by atoms with Crippen LogP contribution >= 0.6 is 11.6 Å². The van der Waals surface area contributed by atoms with Gasteiger partial charge in [-0.1, -0.05) is 60.7 Å². The van der Waals surface area contributed by atoms with E-state index in [0.717, 1.165) is 11.1 Å². The van der Waals surface area contributed by atoms with E-state index in [4.69, 9.17) is 21.4 Å². The van der Waals surface area contributed by atoms with Crippen LogP contribution in [-0.4, -0.2) is 68.0 Å². The Balaban J connectivity index is 2.29. The second-order valence-electron chi connectivity index (χ2n) is 6.81. The highest BCUT2D eigenvalue weighted by Gasteiger charge is 2.46. The SMILES string of the molecule is OCC(O)C(O)C(O)C(O)C(CCl)(Cc1ccccc1)OCc1ccccc1. The molecule has 28 heavy (non-hydrogen) atoms. The summed E-state index contributed by atoms with van der Waals surface area (Å²) in [6.45, 7) is -0.634. The molecule has 5 N–H and O–H groups in total. The van der Waals surface area contributed by atoms with Crippen molar-refractivity contribution in [3.63, 3.8) is 0 Å². The number of benzene rings is 2. The third-order valence-corrected chi connectivity index (χ3v) is 5.19. The molecule has 6 nitrogen and oxygen atoms in total. The van der Waals surface area contributed by atoms with Crippen molar-refractivity contribution in [2.75, 3.05) is 12.5 Å². The van der Waals surface area contributed by atoms with Crippen molar-refractivity contribution in [2.24, 2.45) is 0 Å². The number of alkyl halides is 1. The van der Waals surface area contributed by atoms with Gasteiger partial charge >= 0.3 is 0 Å². The summed E-state index contributed by atoms with van der Waals surface area (Å²) in [5.41, 5.74) is 0.233. The molecule has 2 aromatic rings. The smallest absolute Gasteiger partial charge is 0.114 e. The number of rotatable bonds is 11. The van der Waals surface area contributed by atoms with E-state index in [-0.39, 0.29) is 18.9 Å². The fourth-order valence-corrected chi connectivity index (χ4v) is 3.31. The van der Waals surface area contributed by atoms with E-state index in [1.807, 2.05) is 60.7 Å². The Morgan fingerprint density at radius 1 is 0.821 bits per heavy atom. The highest BCUT2D eigenvalue weighted by atomic mass is 35.5. The average Bonchev–Trinajstić information content (AvgIpc) is 2.76. The zero-order valence-electron chi connectivity index (χ0n) is 15.4. The molecule has 5 unspecified atom stereocenters. The monoisotopic (exact) mass is 410 g/mol. The van der Waals surface area contributed by atoms with Gasteiger partial charge in [0.25, 0.3) is 0 Å². The summed E-state index contributed by atoms with van der Waals surface area (Å²) < 4.78 is 6.02. The number of aliphatic hydroxyl groups is 5. The van der Waals surface area contributed by atoms with Gasteiger partial charge in [0.15, 0.2) is 0 Å². The lowest BCUT2D eigenvalue weighted by Crippen LogP contribution is -2.59. The second kappa shape index (κ2) is 10.9. The zero-order chi connectivity index (χ0) is 20.6. The molecule has 0 fully saturated rings. The van der Waals surface area contributed by atoms with Crippen LogP contribution in [0.1, 0.15) is 11.1 Å². The summed E-state index contributed by atoms with van der Waals surface area (Å²) in [4.78, 5) is 0. The zero-order valence-corrected chi connectivity index (χ0v) is 16.2. The molecule has 0 saturated heterocycles. The normalized spacial score (nSPS) is 18.1. The Bertz CT molecular complexity index is 686. The summed E-state index contributed by atoms with van der Waals surface area (Å²) in [7, 11) is 0. The molecule has 2 aromatic carbocycles. The minimum Gasteiger partial charge on any atom is -0.394 e. The Kier molecular flexibility index (Phi) is 8.85. The topological polar surface area (TPSA) is 110 Å². The molecular weight excluding hydrogens is 384 g/mol. The number of hydrogen-bond donors (Lipinski definition) is 5. The fraction of sp³-hybridized carbons (Fsp3) is 0.429. The molecule has 0 aliphatic heterocycles. The first-order valence-corrected chi connectivity index (χ1v) is 9.58. The molecule has 0 amide bonds. The average molecular weight is 411 g/mol. The van der Waals surface area contributed by atoms with E-state index in [2.05, 4.69) is 0 Å². The van der Waals surface area contributed by atoms with Gasteiger partial charge in [0.1, 0.15) is 30.0 Å². The van der Waals surface area contributed by atoms with Crippen LogP contribution in [0, 0.1) is 0 Å². The van der Waals surface area contributed by atoms with Gasteiger partial charge in [0.2, 0.25) is 0 Å². The summed E-state index contributed by atoms with van der Waals surface area (Å²) >= 11 is 6.21. The van der Waals surface area contributed by atoms with E-state index in [1.54, 1.807) is 0 Å². The number of halogens is 1. The molecular formula is C21H27ClO6. The Morgan fingerprint density at radius 3 is 1.86 bits per heavy atom. The molecule has 0 heterocycles. The molecule has 5 atom stereocenters. The first-order valence-electron chi connectivity index (χ1n) is 9.04. The molecule has 0 saturated carbocycles. The standard InChI is InChI=1S/C21H27ClO6/c22-14-21(11-15-7-3-1-4-8-15,28-13-16-9-5-2-6-10-16)20(27)19(26)18(25)17(24)12-23/h1-10,17-20,23-27H,11-14H2. The second-order valence-corrected chi connectivity index (χ2v) is 7.08. The maximum absolute atomic E-state index is 10.9. The highest BCUT2D eigenvalue weighted by molar-refractivity contribution is 6.18. The van der Waals surface area contributed by atoms with Crippen molar-refractivity contribution in [1.82, 2.24) is 0 Å². The van der Waals surface area contributed by atoms with Crippen molar-refractivity contribution < 1.29 is 30.3 Å². The van der Waals surface area contributed by atoms with E-state index in [1.165, 1.54) is 0 Å². The van der Waals surface area contributed by atoms with E-state index >= 15 is 0 Å². The van der Waals surface area contributed by atoms with Crippen LogP contribution in [0.15, 0.2) is 60.7 Å². The van der Waals surface area contributed by atoms with Gasteiger partial charge in [-0.15, -0.1) is 11.6 Å². The number of ether oxygens (including phenoxy) is 1. The molecule has 154 valence electrons. The predicted molar refractivity (Wildman–Crippen MR) is 106 cm³/mol. The lowest BCUT2D eigenvalue weighted by Gasteiger charge is -2.40. The van der Waals surface area contributed by atoms with Crippen LogP contribution in [0.4, 0.5) is 0 Å². The maximum atomic E-state index is 10.9. The molecule has 0 aliphatic carbocycles. The summed E-state index contributed by atoms with van der Waals surface area (Å²) in [5.74, 6) is -0.172. The van der Waals surface area contributed by atoms with E-state index in [9.17, 15) is 20.4 Å². The van der Waals surface area contributed by atoms with Crippen molar-refractivity contribution in [3.05, 3.63) is 71.8 Å². The summed E-state index contributed by atoms with van der Waals surface area (Å²) in [5, 5.41) is 50.0. The van der Waals surface area contributed by atoms with Crippen molar-refractivity contribution in [2.45, 2.75) is 43.0 Å². The van der Waals surface area contributed by atoms with Crippen LogP contribution in [0.25, 0.3) is 0 Å². The molecule has 0 aliphatic rings. The Hall–Kier alpha value is -1.51. The van der Waals surface area contributed by atoms with Gasteiger partial charge in [-0.2, -0.15) is 0 Å². The first-order chi connectivity index (χ1) is 13.4. The van der Waals surface area contributed by atoms with Gasteiger partial charge in [0, 0.05) is 6.42 Å². The summed E-state index contributed by atoms with van der Waals surface area (Å²) in [6.07, 6.45) is -6.60. The molecule has 2 rings (SSSR count). The van der Waals surface area contributed by atoms with Gasteiger partial charge in [-0.3, -0.25) is 0 Å². The minimum absolute atomic E-state index is 0.128. The fourth-order valence-electron chi connectivity index (χ4n) is 2.98. The predicted octanol–water partition coefficient (Wildman–Crippen LogP) is 0.859. The maximum Gasteiger partial charge on any atom is 0.114 e. The lowest BCUT2D eigenvalue weighted by atomic mass is 9.85. The van der Waals surface area contributed by atoms with Crippen molar-refractivity contribution in [1.29, 1.82) is 0 Å². The third kappa shape index (κ3) is 5.75. The molecule has 7 heteroatoms. The van der Waals surface area contributed by atoms with Crippen LogP contribution < -0.4 is 0 Å². The lowest BCUT2D eigenvalue weighted by molar-refractivity contribution is -0.188. The van der Waals surface area contributed by atoms with Crippen LogP contribution in [0.2, 0.25) is 0 Å². The number of aliphatic hydroxyl groups excluding tert-OH is 5. The summed E-state index contributed by atoms with van der Waals surface area (Å²) in [6, 6.07) is 18.5. The van der Waals surface area contributed by atoms with Crippen molar-refractivity contribution >= 4 is 11.6 Å². The highest BCUT2D eigenvalue weighted by Crippen LogP contribution is 2.29. The van der Waals surface area contributed by atoms with E-state index in [0.29, 0.717) is 0 Å². The Morgan fingerprint density at radius 2 is 1.36 bits per heavy atom. The van der Waals surface area contributed by atoms with Gasteiger partial charge < -0.3 is 30.3 Å². The van der Waals surface area contributed by atoms with Gasteiger partial charge in [-0.25, -0.2) is 0 Å². The van der Waals surface area contributed by atoms with Gasteiger partial charge in [0.05, 0.1) is 19.1 Å². The third-order valence-electron chi connectivity index (χ3n) is 4.74. The molecule has 0 radical (unpaired) electrons. The first kappa shape index (κ1) is 22.8. The van der Waals surface area contributed by atoms with Crippen molar-refractivity contribution in [3.8, 4) is 0 Å². The number of hydrogen-bond acceptors (Lipinski definition) is 6. The largest absolute Gasteiger partial charge is 0.394 e. The molecule has 0 aromatic heterocycles. The van der Waals surface area contributed by atoms with Gasteiger partial charge in [-0.05, 0) is 11.1 Å². The molecule has 0 bridgehead atoms.